The van der Waals surface area contributed by atoms with E-state index < -0.39 is 0 Å². The Hall–Kier alpha value is -2.15. The zero-order valence-electron chi connectivity index (χ0n) is 16.6. The molecule has 0 spiro atoms. The molecule has 0 aliphatic heterocycles. The first-order valence-corrected chi connectivity index (χ1v) is 9.78. The predicted octanol–water partition coefficient (Wildman–Crippen LogP) is 4.63. The number of rotatable bonds is 7. The van der Waals surface area contributed by atoms with Gasteiger partial charge in [-0.3, -0.25) is 9.69 Å². The molecule has 28 heavy (non-hydrogen) atoms. The summed E-state index contributed by atoms with van der Waals surface area (Å²) < 4.78 is 6.37. The highest BCUT2D eigenvalue weighted by Gasteiger charge is 2.22. The van der Waals surface area contributed by atoms with Crippen molar-refractivity contribution < 1.29 is 9.53 Å². The van der Waals surface area contributed by atoms with Gasteiger partial charge in [0.15, 0.2) is 5.13 Å². The zero-order chi connectivity index (χ0) is 19.4. The number of benzene rings is 2. The summed E-state index contributed by atoms with van der Waals surface area (Å²) in [6.45, 7) is 3.57. The maximum atomic E-state index is 13.3. The summed E-state index contributed by atoms with van der Waals surface area (Å²) in [4.78, 5) is 22.0. The van der Waals surface area contributed by atoms with Crippen molar-refractivity contribution in [2.24, 2.45) is 0 Å². The Labute approximate surface area is 176 Å². The molecule has 0 N–H and O–H groups in total. The van der Waals surface area contributed by atoms with Crippen molar-refractivity contribution in [2.75, 3.05) is 39.2 Å². The Kier molecular flexibility index (Phi) is 7.80. The third-order valence-corrected chi connectivity index (χ3v) is 5.43. The molecular weight excluding hydrogens is 394 g/mol. The molecule has 0 aliphatic carbocycles. The number of hydrogen-bond donors (Lipinski definition) is 0. The smallest absolute Gasteiger partial charge is 0.260 e. The molecule has 1 amide bonds. The third-order valence-electron chi connectivity index (χ3n) is 4.39. The fourth-order valence-electron chi connectivity index (χ4n) is 2.93. The summed E-state index contributed by atoms with van der Waals surface area (Å²) >= 11 is 1.56. The molecule has 0 fully saturated rings. The summed E-state index contributed by atoms with van der Waals surface area (Å²) in [5.41, 5.74) is 2.70. The SMILES string of the molecule is COc1cccc(C(=O)N(CCCN(C)C)c2nc3c(C)cccc3s2)c1.Cl. The van der Waals surface area contributed by atoms with Crippen molar-refractivity contribution in [3.63, 3.8) is 0 Å². The van der Waals surface area contributed by atoms with Gasteiger partial charge in [0.05, 0.1) is 17.3 Å². The second-order valence-electron chi connectivity index (χ2n) is 6.76. The van der Waals surface area contributed by atoms with Crippen molar-refractivity contribution in [1.82, 2.24) is 9.88 Å². The molecule has 1 aromatic heterocycles. The van der Waals surface area contributed by atoms with Crippen molar-refractivity contribution in [3.05, 3.63) is 53.6 Å². The summed E-state index contributed by atoms with van der Waals surface area (Å²) in [5.74, 6) is 0.624. The molecule has 0 atom stereocenters. The van der Waals surface area contributed by atoms with E-state index in [2.05, 4.69) is 11.0 Å². The lowest BCUT2D eigenvalue weighted by Crippen LogP contribution is -2.33. The summed E-state index contributed by atoms with van der Waals surface area (Å²) in [6, 6.07) is 13.4. The topological polar surface area (TPSA) is 45.7 Å². The number of ether oxygens (including phenoxy) is 1. The molecule has 1 heterocycles. The Bertz CT molecular complexity index is 942. The largest absolute Gasteiger partial charge is 0.497 e. The number of thiazole rings is 1. The van der Waals surface area contributed by atoms with Gasteiger partial charge in [0.2, 0.25) is 0 Å². The zero-order valence-corrected chi connectivity index (χ0v) is 18.3. The average Bonchev–Trinajstić information content (AvgIpc) is 3.10. The van der Waals surface area contributed by atoms with Gasteiger partial charge in [0.25, 0.3) is 5.91 Å². The van der Waals surface area contributed by atoms with Crippen LogP contribution < -0.4 is 9.64 Å². The first-order valence-electron chi connectivity index (χ1n) is 8.96. The lowest BCUT2D eigenvalue weighted by atomic mass is 10.2. The van der Waals surface area contributed by atoms with E-state index in [1.807, 2.05) is 51.4 Å². The Morgan fingerprint density at radius 2 is 1.89 bits per heavy atom. The molecule has 0 unspecified atom stereocenters. The van der Waals surface area contributed by atoms with Gasteiger partial charge < -0.3 is 9.64 Å². The molecule has 150 valence electrons. The van der Waals surface area contributed by atoms with Gasteiger partial charge in [0, 0.05) is 12.1 Å². The van der Waals surface area contributed by atoms with Gasteiger partial charge in [-0.15, -0.1) is 12.4 Å². The molecular formula is C21H26ClN3O2S. The lowest BCUT2D eigenvalue weighted by molar-refractivity contribution is 0.0985. The highest BCUT2D eigenvalue weighted by molar-refractivity contribution is 7.22. The van der Waals surface area contributed by atoms with Crippen LogP contribution in [0.3, 0.4) is 0 Å². The van der Waals surface area contributed by atoms with Crippen molar-refractivity contribution in [1.29, 1.82) is 0 Å². The first-order chi connectivity index (χ1) is 13.0. The number of methoxy groups -OCH3 is 1. The van der Waals surface area contributed by atoms with Crippen LogP contribution in [-0.2, 0) is 0 Å². The summed E-state index contributed by atoms with van der Waals surface area (Å²) in [7, 11) is 5.68. The van der Waals surface area contributed by atoms with Crippen LogP contribution in [0.5, 0.6) is 5.75 Å². The maximum absolute atomic E-state index is 13.3. The first kappa shape index (κ1) is 22.1. The van der Waals surface area contributed by atoms with Gasteiger partial charge in [-0.2, -0.15) is 0 Å². The molecule has 0 bridgehead atoms. The van der Waals surface area contributed by atoms with Crippen molar-refractivity contribution in [3.8, 4) is 5.75 Å². The molecule has 0 aliphatic rings. The highest BCUT2D eigenvalue weighted by Crippen LogP contribution is 2.31. The number of aryl methyl sites for hydroxylation is 1. The van der Waals surface area contributed by atoms with E-state index in [4.69, 9.17) is 9.72 Å². The van der Waals surface area contributed by atoms with Gasteiger partial charge >= 0.3 is 0 Å². The number of halogens is 1. The number of aromatic nitrogens is 1. The fraction of sp³-hybridized carbons (Fsp3) is 0.333. The van der Waals surface area contributed by atoms with Crippen molar-refractivity contribution in [2.45, 2.75) is 13.3 Å². The van der Waals surface area contributed by atoms with E-state index in [0.717, 1.165) is 33.9 Å². The summed E-state index contributed by atoms with van der Waals surface area (Å²) in [5, 5.41) is 0.742. The minimum atomic E-state index is -0.0515. The van der Waals surface area contributed by atoms with Gasteiger partial charge in [-0.25, -0.2) is 4.98 Å². The number of nitrogens with zero attached hydrogens (tertiary/aromatic N) is 3. The second kappa shape index (κ2) is 9.87. The Morgan fingerprint density at radius 3 is 2.57 bits per heavy atom. The number of fused-ring (bicyclic) bond motifs is 1. The van der Waals surface area contributed by atoms with Crippen LogP contribution in [0, 0.1) is 6.92 Å². The number of amides is 1. The van der Waals surface area contributed by atoms with Gasteiger partial charge in [-0.05, 0) is 63.8 Å². The van der Waals surface area contributed by atoms with E-state index in [1.54, 1.807) is 29.4 Å². The second-order valence-corrected chi connectivity index (χ2v) is 7.77. The maximum Gasteiger partial charge on any atom is 0.260 e. The molecule has 0 saturated heterocycles. The minimum absolute atomic E-state index is 0. The number of carbonyl (C=O) groups is 1. The highest BCUT2D eigenvalue weighted by atomic mass is 35.5. The quantitative estimate of drug-likeness (QED) is 0.560. The van der Waals surface area contributed by atoms with Crippen molar-refractivity contribution >= 4 is 45.0 Å². The molecule has 2 aromatic carbocycles. The lowest BCUT2D eigenvalue weighted by Gasteiger charge is -2.21. The van der Waals surface area contributed by atoms with E-state index >= 15 is 0 Å². The van der Waals surface area contributed by atoms with Gasteiger partial charge in [-0.1, -0.05) is 29.5 Å². The van der Waals surface area contributed by atoms with Crippen LogP contribution in [0.25, 0.3) is 10.2 Å². The number of anilines is 1. The molecule has 0 radical (unpaired) electrons. The van der Waals surface area contributed by atoms with Crippen LogP contribution in [0.15, 0.2) is 42.5 Å². The Morgan fingerprint density at radius 1 is 1.14 bits per heavy atom. The van der Waals surface area contributed by atoms with Crippen LogP contribution in [0.1, 0.15) is 22.3 Å². The van der Waals surface area contributed by atoms with E-state index in [9.17, 15) is 4.79 Å². The molecule has 3 rings (SSSR count). The number of hydrogen-bond acceptors (Lipinski definition) is 5. The predicted molar refractivity (Wildman–Crippen MR) is 119 cm³/mol. The minimum Gasteiger partial charge on any atom is -0.497 e. The fourth-order valence-corrected chi connectivity index (χ4v) is 4.00. The molecule has 3 aromatic rings. The van der Waals surface area contributed by atoms with Crippen LogP contribution >= 0.6 is 23.7 Å². The third kappa shape index (κ3) is 5.01. The number of para-hydroxylation sites is 1. The number of carbonyl (C=O) groups excluding carboxylic acids is 1. The average molecular weight is 420 g/mol. The van der Waals surface area contributed by atoms with E-state index in [0.29, 0.717) is 17.9 Å². The molecule has 7 heteroatoms. The summed E-state index contributed by atoms with van der Waals surface area (Å²) in [6.07, 6.45) is 0.873. The van der Waals surface area contributed by atoms with E-state index in [1.165, 1.54) is 0 Å². The van der Waals surface area contributed by atoms with E-state index in [-0.39, 0.29) is 18.3 Å². The van der Waals surface area contributed by atoms with Gasteiger partial charge in [0.1, 0.15) is 5.75 Å². The van der Waals surface area contributed by atoms with Crippen LogP contribution in [0.2, 0.25) is 0 Å². The molecule has 0 saturated carbocycles. The normalized spacial score (nSPS) is 10.8. The standard InChI is InChI=1S/C21H25N3O2S.ClH/c1-15-8-5-11-18-19(15)22-21(27-18)24(13-7-12-23(2)3)20(25)16-9-6-10-17(14-16)26-4;/h5-6,8-11,14H,7,12-13H2,1-4H3;1H. The van der Waals surface area contributed by atoms with Crippen LogP contribution in [-0.4, -0.2) is 50.1 Å². The Balaban J connectivity index is 0.00000280. The van der Waals surface area contributed by atoms with Crippen LogP contribution in [0.4, 0.5) is 5.13 Å². The monoisotopic (exact) mass is 419 g/mol. The molecule has 5 nitrogen and oxygen atoms in total.